The van der Waals surface area contributed by atoms with Gasteiger partial charge in [0.25, 0.3) is 0 Å². The van der Waals surface area contributed by atoms with Crippen LogP contribution in [0.15, 0.2) is 18.2 Å². The molecule has 1 aromatic rings. The quantitative estimate of drug-likeness (QED) is 0.820. The van der Waals surface area contributed by atoms with Crippen LogP contribution in [-0.2, 0) is 9.53 Å². The summed E-state index contributed by atoms with van der Waals surface area (Å²) in [5, 5.41) is 3.40. The predicted octanol–water partition coefficient (Wildman–Crippen LogP) is 2.55. The van der Waals surface area contributed by atoms with E-state index in [4.69, 9.17) is 22.1 Å². The molecule has 0 aromatic heterocycles. The number of methoxy groups -OCH3 is 1. The Hall–Kier alpha value is -0.720. The highest BCUT2D eigenvalue weighted by atomic mass is 35.5. The molecule has 5 nitrogen and oxygen atoms in total. The Balaban J connectivity index is 0. The maximum absolute atomic E-state index is 11.9. The molecule has 0 heterocycles. The van der Waals surface area contributed by atoms with Crippen LogP contribution >= 0.6 is 36.4 Å². The number of anilines is 2. The molecule has 0 aliphatic carbocycles. The maximum Gasteiger partial charge on any atom is 0.227 e. The highest BCUT2D eigenvalue weighted by Gasteiger charge is 2.14. The molecule has 122 valence electrons. The molecule has 1 rings (SSSR count). The van der Waals surface area contributed by atoms with E-state index < -0.39 is 0 Å². The molecule has 0 radical (unpaired) electrons. The standard InChI is InChI=1S/C13H20ClN3O2.2ClH/c1-17(2)12-5-4-9(14)6-11(12)16-13(18)7-10(8-15)19-3;;/h4-6,10H,7-8,15H2,1-3H3,(H,16,18);2*1H. The first-order valence-corrected chi connectivity index (χ1v) is 6.35. The molecule has 0 bridgehead atoms. The van der Waals surface area contributed by atoms with Crippen LogP contribution in [0.4, 0.5) is 11.4 Å². The third-order valence-corrected chi connectivity index (χ3v) is 2.96. The molecule has 3 N–H and O–H groups in total. The molecule has 0 aliphatic heterocycles. The Morgan fingerprint density at radius 2 is 2.05 bits per heavy atom. The maximum atomic E-state index is 11.9. The van der Waals surface area contributed by atoms with E-state index in [-0.39, 0.29) is 43.2 Å². The fourth-order valence-corrected chi connectivity index (χ4v) is 1.84. The molecular weight excluding hydrogens is 337 g/mol. The summed E-state index contributed by atoms with van der Waals surface area (Å²) in [5.74, 6) is -0.150. The van der Waals surface area contributed by atoms with Gasteiger partial charge in [0.15, 0.2) is 0 Å². The van der Waals surface area contributed by atoms with Crippen molar-refractivity contribution in [2.75, 3.05) is 38.0 Å². The van der Waals surface area contributed by atoms with Gasteiger partial charge < -0.3 is 20.7 Å². The summed E-state index contributed by atoms with van der Waals surface area (Å²) >= 11 is 5.95. The topological polar surface area (TPSA) is 67.6 Å². The van der Waals surface area contributed by atoms with Crippen molar-refractivity contribution in [1.29, 1.82) is 0 Å². The van der Waals surface area contributed by atoms with Crippen LogP contribution in [0, 0.1) is 0 Å². The second-order valence-corrected chi connectivity index (χ2v) is 4.84. The van der Waals surface area contributed by atoms with Crippen molar-refractivity contribution in [2.45, 2.75) is 12.5 Å². The highest BCUT2D eigenvalue weighted by Crippen LogP contribution is 2.27. The van der Waals surface area contributed by atoms with Crippen molar-refractivity contribution in [1.82, 2.24) is 0 Å². The van der Waals surface area contributed by atoms with Gasteiger partial charge in [0, 0.05) is 32.8 Å². The molecule has 1 unspecified atom stereocenters. The Kier molecular flexibility index (Phi) is 11.7. The number of halogens is 3. The normalized spacial score (nSPS) is 10.9. The van der Waals surface area contributed by atoms with Crippen molar-refractivity contribution in [3.63, 3.8) is 0 Å². The minimum Gasteiger partial charge on any atom is -0.380 e. The summed E-state index contributed by atoms with van der Waals surface area (Å²) in [5.41, 5.74) is 7.06. The van der Waals surface area contributed by atoms with E-state index in [2.05, 4.69) is 5.32 Å². The van der Waals surface area contributed by atoms with Gasteiger partial charge in [-0.25, -0.2) is 0 Å². The Morgan fingerprint density at radius 3 is 2.52 bits per heavy atom. The van der Waals surface area contributed by atoms with E-state index in [0.29, 0.717) is 17.3 Å². The highest BCUT2D eigenvalue weighted by molar-refractivity contribution is 6.31. The number of ether oxygens (including phenoxy) is 1. The second kappa shape index (κ2) is 10.9. The van der Waals surface area contributed by atoms with Gasteiger partial charge in [-0.15, -0.1) is 24.8 Å². The van der Waals surface area contributed by atoms with Crippen LogP contribution in [-0.4, -0.2) is 39.8 Å². The van der Waals surface area contributed by atoms with Gasteiger partial charge in [-0.1, -0.05) is 11.6 Å². The SMILES string of the molecule is COC(CN)CC(=O)Nc1cc(Cl)ccc1N(C)C.Cl.Cl. The lowest BCUT2D eigenvalue weighted by atomic mass is 10.2. The minimum atomic E-state index is -0.276. The number of hydrogen-bond acceptors (Lipinski definition) is 4. The predicted molar refractivity (Wildman–Crippen MR) is 93.4 cm³/mol. The zero-order valence-electron chi connectivity index (χ0n) is 12.3. The molecule has 0 saturated carbocycles. The van der Waals surface area contributed by atoms with E-state index in [1.807, 2.05) is 25.1 Å². The van der Waals surface area contributed by atoms with Crippen LogP contribution in [0.3, 0.4) is 0 Å². The lowest BCUT2D eigenvalue weighted by Gasteiger charge is -2.19. The molecule has 0 saturated heterocycles. The third kappa shape index (κ3) is 7.20. The first-order valence-electron chi connectivity index (χ1n) is 5.97. The fourth-order valence-electron chi connectivity index (χ4n) is 1.67. The number of amides is 1. The number of benzene rings is 1. The average Bonchev–Trinajstić information content (AvgIpc) is 2.35. The molecule has 1 aromatic carbocycles. The van der Waals surface area contributed by atoms with Gasteiger partial charge in [0.2, 0.25) is 5.91 Å². The van der Waals surface area contributed by atoms with Crippen molar-refractivity contribution >= 4 is 53.7 Å². The van der Waals surface area contributed by atoms with Crippen molar-refractivity contribution in [3.05, 3.63) is 23.2 Å². The molecule has 0 fully saturated rings. The van der Waals surface area contributed by atoms with Gasteiger partial charge in [0.05, 0.1) is 23.9 Å². The largest absolute Gasteiger partial charge is 0.380 e. The molecule has 1 amide bonds. The van der Waals surface area contributed by atoms with E-state index in [0.717, 1.165) is 5.69 Å². The van der Waals surface area contributed by atoms with Gasteiger partial charge in [-0.2, -0.15) is 0 Å². The number of rotatable bonds is 6. The van der Waals surface area contributed by atoms with Crippen LogP contribution in [0.5, 0.6) is 0 Å². The van der Waals surface area contributed by atoms with Crippen molar-refractivity contribution < 1.29 is 9.53 Å². The summed E-state index contributed by atoms with van der Waals surface area (Å²) in [6, 6.07) is 5.36. The van der Waals surface area contributed by atoms with E-state index in [9.17, 15) is 4.79 Å². The number of carbonyl (C=O) groups is 1. The molecule has 21 heavy (non-hydrogen) atoms. The molecule has 0 spiro atoms. The third-order valence-electron chi connectivity index (χ3n) is 2.72. The number of nitrogens with two attached hydrogens (primary N) is 1. The van der Waals surface area contributed by atoms with Crippen LogP contribution in [0.1, 0.15) is 6.42 Å². The molecule has 1 atom stereocenters. The van der Waals surface area contributed by atoms with Gasteiger partial charge in [-0.05, 0) is 18.2 Å². The number of carbonyl (C=O) groups excluding carboxylic acids is 1. The zero-order chi connectivity index (χ0) is 14.4. The monoisotopic (exact) mass is 357 g/mol. The molecule has 8 heteroatoms. The second-order valence-electron chi connectivity index (χ2n) is 4.40. The number of hydrogen-bond donors (Lipinski definition) is 2. The average molecular weight is 359 g/mol. The van der Waals surface area contributed by atoms with Crippen LogP contribution < -0.4 is 16.0 Å². The lowest BCUT2D eigenvalue weighted by Crippen LogP contribution is -2.28. The summed E-state index contributed by atoms with van der Waals surface area (Å²) in [7, 11) is 5.34. The van der Waals surface area contributed by atoms with Gasteiger partial charge in [0.1, 0.15) is 0 Å². The van der Waals surface area contributed by atoms with Crippen LogP contribution in [0.2, 0.25) is 5.02 Å². The lowest BCUT2D eigenvalue weighted by molar-refractivity contribution is -0.118. The smallest absolute Gasteiger partial charge is 0.227 e. The first kappa shape index (κ1) is 22.6. The van der Waals surface area contributed by atoms with Crippen molar-refractivity contribution in [3.8, 4) is 0 Å². The van der Waals surface area contributed by atoms with Gasteiger partial charge in [-0.3, -0.25) is 4.79 Å². The zero-order valence-corrected chi connectivity index (χ0v) is 14.6. The Labute approximate surface area is 143 Å². The Bertz CT molecular complexity index is 441. The minimum absolute atomic E-state index is 0. The summed E-state index contributed by atoms with van der Waals surface area (Å²) < 4.78 is 5.09. The summed E-state index contributed by atoms with van der Waals surface area (Å²) in [6.07, 6.45) is -0.0613. The summed E-state index contributed by atoms with van der Waals surface area (Å²) in [6.45, 7) is 0.306. The van der Waals surface area contributed by atoms with Crippen LogP contribution in [0.25, 0.3) is 0 Å². The Morgan fingerprint density at radius 1 is 1.43 bits per heavy atom. The number of nitrogens with one attached hydrogen (secondary N) is 1. The molecular formula is C13H22Cl3N3O2. The van der Waals surface area contributed by atoms with Gasteiger partial charge >= 0.3 is 0 Å². The van der Waals surface area contributed by atoms with E-state index in [1.165, 1.54) is 7.11 Å². The van der Waals surface area contributed by atoms with Crippen molar-refractivity contribution in [2.24, 2.45) is 5.73 Å². The first-order chi connectivity index (χ1) is 8.97. The fraction of sp³-hybridized carbons (Fsp3) is 0.462. The number of nitrogens with zero attached hydrogens (tertiary/aromatic N) is 1. The van der Waals surface area contributed by atoms with E-state index in [1.54, 1.807) is 12.1 Å². The van der Waals surface area contributed by atoms with E-state index >= 15 is 0 Å². The summed E-state index contributed by atoms with van der Waals surface area (Å²) in [4.78, 5) is 13.8. The molecule has 0 aliphatic rings.